The van der Waals surface area contributed by atoms with Crippen LogP contribution in [0.1, 0.15) is 11.6 Å². The van der Waals surface area contributed by atoms with Gasteiger partial charge in [0.25, 0.3) is 0 Å². The summed E-state index contributed by atoms with van der Waals surface area (Å²) in [7, 11) is 0. The van der Waals surface area contributed by atoms with Gasteiger partial charge in [0.2, 0.25) is 0 Å². The predicted molar refractivity (Wildman–Crippen MR) is 64.9 cm³/mol. The van der Waals surface area contributed by atoms with Crippen molar-refractivity contribution in [2.45, 2.75) is 12.2 Å². The van der Waals surface area contributed by atoms with Crippen LogP contribution in [0.2, 0.25) is 0 Å². The average Bonchev–Trinajstić information content (AvgIpc) is 2.06. The second-order valence-corrected chi connectivity index (χ2v) is 5.09. The highest BCUT2D eigenvalue weighted by Crippen LogP contribution is 2.33. The first kappa shape index (κ1) is 12.5. The lowest BCUT2D eigenvalue weighted by atomic mass is 10.1. The number of benzene rings is 1. The number of nitrogens with two attached hydrogens (primary N) is 1. The Hall–Kier alpha value is 0.430. The van der Waals surface area contributed by atoms with Crippen LogP contribution in [-0.4, -0.2) is 6.18 Å². The Bertz CT molecular complexity index is 338. The fourth-order valence-corrected chi connectivity index (χ4v) is 2.12. The fourth-order valence-electron chi connectivity index (χ4n) is 0.929. The van der Waals surface area contributed by atoms with Crippen molar-refractivity contribution in [2.24, 2.45) is 5.73 Å². The Morgan fingerprint density at radius 1 is 1.21 bits per heavy atom. The molecule has 0 aliphatic heterocycles. The van der Waals surface area contributed by atoms with Gasteiger partial charge in [-0.25, -0.2) is 0 Å². The number of halogens is 5. The largest absolute Gasteiger partial charge is 0.407 e. The van der Waals surface area contributed by atoms with Crippen molar-refractivity contribution in [1.29, 1.82) is 0 Å². The zero-order valence-corrected chi connectivity index (χ0v) is 11.1. The molecule has 1 rings (SSSR count). The summed E-state index contributed by atoms with van der Waals surface area (Å²) in [5.74, 6) is 0. The minimum absolute atomic E-state index is 0.130. The molecule has 0 aromatic heterocycles. The van der Waals surface area contributed by atoms with Crippen molar-refractivity contribution >= 4 is 45.2 Å². The minimum Gasteiger partial charge on any atom is -0.316 e. The van der Waals surface area contributed by atoms with E-state index in [-0.39, 0.29) is 5.56 Å². The third kappa shape index (κ3) is 2.96. The summed E-state index contributed by atoms with van der Waals surface area (Å²) < 4.78 is 38.2. The van der Waals surface area contributed by atoms with Crippen LogP contribution < -0.4 is 5.73 Å². The zero-order valence-electron chi connectivity index (χ0n) is 6.78. The summed E-state index contributed by atoms with van der Waals surface area (Å²) in [6, 6.07) is 2.93. The van der Waals surface area contributed by atoms with Gasteiger partial charge < -0.3 is 5.73 Å². The topological polar surface area (TPSA) is 26.0 Å². The van der Waals surface area contributed by atoms with E-state index < -0.39 is 12.2 Å². The molecular weight excluding hydrogens is 421 g/mol. The molecule has 0 amide bonds. The molecule has 0 radical (unpaired) electrons. The third-order valence-electron chi connectivity index (χ3n) is 1.65. The van der Waals surface area contributed by atoms with Gasteiger partial charge in [-0.05, 0) is 68.9 Å². The van der Waals surface area contributed by atoms with Gasteiger partial charge in [0.05, 0.1) is 0 Å². The maximum atomic E-state index is 12.3. The number of rotatable bonds is 1. The molecule has 0 bridgehead atoms. The van der Waals surface area contributed by atoms with Gasteiger partial charge in [-0.1, -0.05) is 0 Å². The summed E-state index contributed by atoms with van der Waals surface area (Å²) in [5, 5.41) is 0. The van der Waals surface area contributed by atoms with E-state index in [0.29, 0.717) is 3.57 Å². The van der Waals surface area contributed by atoms with E-state index in [1.165, 1.54) is 6.07 Å². The molecule has 0 fully saturated rings. The first-order valence-corrected chi connectivity index (χ1v) is 5.75. The summed E-state index contributed by atoms with van der Waals surface area (Å²) >= 11 is 3.81. The van der Waals surface area contributed by atoms with Crippen LogP contribution in [0.3, 0.4) is 0 Å². The van der Waals surface area contributed by atoms with Crippen molar-refractivity contribution in [1.82, 2.24) is 0 Å². The van der Waals surface area contributed by atoms with E-state index in [1.54, 1.807) is 12.1 Å². The summed E-state index contributed by atoms with van der Waals surface area (Å²) in [4.78, 5) is 0. The van der Waals surface area contributed by atoms with Crippen LogP contribution in [0, 0.1) is 7.14 Å². The second-order valence-electron chi connectivity index (χ2n) is 2.69. The van der Waals surface area contributed by atoms with Gasteiger partial charge in [0.1, 0.15) is 6.04 Å². The van der Waals surface area contributed by atoms with E-state index in [4.69, 9.17) is 5.73 Å². The molecule has 14 heavy (non-hydrogen) atoms. The lowest BCUT2D eigenvalue weighted by Crippen LogP contribution is -2.29. The van der Waals surface area contributed by atoms with E-state index in [2.05, 4.69) is 0 Å². The predicted octanol–water partition coefficient (Wildman–Crippen LogP) is 3.46. The van der Waals surface area contributed by atoms with E-state index in [0.717, 1.165) is 3.57 Å². The Kier molecular flexibility index (Phi) is 4.03. The molecule has 0 aliphatic carbocycles. The standard InChI is InChI=1S/C8H6F3I2N/c9-8(10,11)7(14)5-3-4(12)1-2-6(5)13/h1-3,7H,14H2/t7-/m0/s1. The van der Waals surface area contributed by atoms with Crippen LogP contribution in [-0.2, 0) is 0 Å². The van der Waals surface area contributed by atoms with Gasteiger partial charge in [-0.2, -0.15) is 13.2 Å². The summed E-state index contributed by atoms with van der Waals surface area (Å²) in [6.07, 6.45) is -4.38. The SMILES string of the molecule is N[C@@H](c1cc(I)ccc1I)C(F)(F)F. The van der Waals surface area contributed by atoms with Gasteiger partial charge >= 0.3 is 6.18 Å². The lowest BCUT2D eigenvalue weighted by molar-refractivity contribution is -0.149. The van der Waals surface area contributed by atoms with Crippen molar-refractivity contribution in [3.8, 4) is 0 Å². The highest BCUT2D eigenvalue weighted by atomic mass is 127. The molecule has 78 valence electrons. The van der Waals surface area contributed by atoms with Crippen LogP contribution >= 0.6 is 45.2 Å². The molecule has 1 aromatic carbocycles. The van der Waals surface area contributed by atoms with Gasteiger partial charge in [0, 0.05) is 7.14 Å². The third-order valence-corrected chi connectivity index (χ3v) is 3.30. The number of hydrogen-bond donors (Lipinski definition) is 1. The quantitative estimate of drug-likeness (QED) is 0.684. The average molecular weight is 427 g/mol. The maximum Gasteiger partial charge on any atom is 0.407 e. The van der Waals surface area contributed by atoms with E-state index in [9.17, 15) is 13.2 Å². The van der Waals surface area contributed by atoms with E-state index >= 15 is 0 Å². The smallest absolute Gasteiger partial charge is 0.316 e. The minimum atomic E-state index is -4.38. The summed E-state index contributed by atoms with van der Waals surface area (Å²) in [6.45, 7) is 0. The first-order chi connectivity index (χ1) is 6.32. The first-order valence-electron chi connectivity index (χ1n) is 3.59. The summed E-state index contributed by atoms with van der Waals surface area (Å²) in [5.41, 5.74) is 5.24. The Labute approximate surface area is 107 Å². The van der Waals surface area contributed by atoms with Crippen molar-refractivity contribution < 1.29 is 13.2 Å². The fraction of sp³-hybridized carbons (Fsp3) is 0.250. The molecule has 0 spiro atoms. The van der Waals surface area contributed by atoms with Crippen LogP contribution in [0.4, 0.5) is 13.2 Å². The Morgan fingerprint density at radius 2 is 1.79 bits per heavy atom. The highest BCUT2D eigenvalue weighted by Gasteiger charge is 2.38. The molecule has 1 aromatic rings. The molecule has 6 heteroatoms. The van der Waals surface area contributed by atoms with Crippen molar-refractivity contribution in [3.05, 3.63) is 30.9 Å². The number of hydrogen-bond acceptors (Lipinski definition) is 1. The zero-order chi connectivity index (χ0) is 10.9. The Morgan fingerprint density at radius 3 is 2.29 bits per heavy atom. The normalized spacial score (nSPS) is 14.1. The van der Waals surface area contributed by atoms with Gasteiger partial charge in [-0.3, -0.25) is 0 Å². The molecule has 0 saturated heterocycles. The second kappa shape index (κ2) is 4.52. The number of alkyl halides is 3. The van der Waals surface area contributed by atoms with Gasteiger partial charge in [0.15, 0.2) is 0 Å². The van der Waals surface area contributed by atoms with Crippen molar-refractivity contribution in [3.63, 3.8) is 0 Å². The molecule has 1 atom stereocenters. The molecule has 0 aliphatic rings. The molecule has 2 N–H and O–H groups in total. The molecule has 0 saturated carbocycles. The monoisotopic (exact) mass is 427 g/mol. The lowest BCUT2D eigenvalue weighted by Gasteiger charge is -2.17. The molecule has 0 heterocycles. The van der Waals surface area contributed by atoms with Crippen LogP contribution in [0.25, 0.3) is 0 Å². The molecule has 0 unspecified atom stereocenters. The Balaban J connectivity index is 3.12. The maximum absolute atomic E-state index is 12.3. The highest BCUT2D eigenvalue weighted by molar-refractivity contribution is 14.1. The van der Waals surface area contributed by atoms with Crippen LogP contribution in [0.15, 0.2) is 18.2 Å². The molecular formula is C8H6F3I2N. The molecule has 1 nitrogen and oxygen atoms in total. The van der Waals surface area contributed by atoms with E-state index in [1.807, 2.05) is 45.2 Å². The van der Waals surface area contributed by atoms with Crippen molar-refractivity contribution in [2.75, 3.05) is 0 Å². The van der Waals surface area contributed by atoms with Crippen LogP contribution in [0.5, 0.6) is 0 Å². The van der Waals surface area contributed by atoms with Gasteiger partial charge in [-0.15, -0.1) is 0 Å².